The molecule has 0 unspecified atom stereocenters. The second-order valence-corrected chi connectivity index (χ2v) is 6.44. The van der Waals surface area contributed by atoms with E-state index in [1.54, 1.807) is 0 Å². The van der Waals surface area contributed by atoms with E-state index in [4.69, 9.17) is 0 Å². The number of nitrogens with zero attached hydrogens (tertiary/aromatic N) is 1. The third kappa shape index (κ3) is 3.53. The lowest BCUT2D eigenvalue weighted by Crippen LogP contribution is -2.18. The van der Waals surface area contributed by atoms with Gasteiger partial charge in [0.25, 0.3) is 0 Å². The Labute approximate surface area is 103 Å². The smallest absolute Gasteiger partial charge is 0.0233 e. The molecule has 16 heavy (non-hydrogen) atoms. The number of hydrogen-bond acceptors (Lipinski definition) is 2. The lowest BCUT2D eigenvalue weighted by atomic mass is 10.2. The lowest BCUT2D eigenvalue weighted by Gasteiger charge is -2.14. The molecule has 0 bridgehead atoms. The summed E-state index contributed by atoms with van der Waals surface area (Å²) in [6.07, 6.45) is 2.75. The van der Waals surface area contributed by atoms with Gasteiger partial charge < -0.3 is 0 Å². The van der Waals surface area contributed by atoms with E-state index < -0.39 is 0 Å². The van der Waals surface area contributed by atoms with Crippen LogP contribution in [0.25, 0.3) is 0 Å². The van der Waals surface area contributed by atoms with Crippen LogP contribution in [0.5, 0.6) is 0 Å². The van der Waals surface area contributed by atoms with Crippen molar-refractivity contribution < 1.29 is 0 Å². The standard InChI is InChI=1S/C14H21NS/c1-12(2)16-14-7-5-13(6-8-14)11-15-9-3-4-10-15/h5-8,12H,3-4,9-11H2,1-2H3. The third-order valence-corrected chi connectivity index (χ3v) is 3.92. The normalized spacial score (nSPS) is 17.2. The fraction of sp³-hybridized carbons (Fsp3) is 0.571. The molecule has 1 saturated heterocycles. The zero-order valence-corrected chi connectivity index (χ0v) is 11.1. The summed E-state index contributed by atoms with van der Waals surface area (Å²) in [4.78, 5) is 3.94. The van der Waals surface area contributed by atoms with Gasteiger partial charge in [0.1, 0.15) is 0 Å². The van der Waals surface area contributed by atoms with E-state index in [-0.39, 0.29) is 0 Å². The average Bonchev–Trinajstić information content (AvgIpc) is 2.73. The van der Waals surface area contributed by atoms with Crippen LogP contribution in [0.15, 0.2) is 29.2 Å². The molecule has 2 heteroatoms. The molecule has 0 aliphatic carbocycles. The second-order valence-electron chi connectivity index (χ2n) is 4.79. The van der Waals surface area contributed by atoms with Crippen LogP contribution in [0.2, 0.25) is 0 Å². The summed E-state index contributed by atoms with van der Waals surface area (Å²) < 4.78 is 0. The lowest BCUT2D eigenvalue weighted by molar-refractivity contribution is 0.331. The molecule has 2 rings (SSSR count). The minimum Gasteiger partial charge on any atom is -0.299 e. The zero-order valence-electron chi connectivity index (χ0n) is 10.3. The van der Waals surface area contributed by atoms with Crippen LogP contribution in [0.3, 0.4) is 0 Å². The average molecular weight is 235 g/mol. The summed E-state index contributed by atoms with van der Waals surface area (Å²) in [5.41, 5.74) is 1.45. The van der Waals surface area contributed by atoms with Gasteiger partial charge in [-0.3, -0.25) is 4.90 Å². The van der Waals surface area contributed by atoms with Gasteiger partial charge in [-0.1, -0.05) is 26.0 Å². The largest absolute Gasteiger partial charge is 0.299 e. The molecule has 0 amide bonds. The first kappa shape index (κ1) is 12.0. The molecule has 1 heterocycles. The Morgan fingerprint density at radius 3 is 2.31 bits per heavy atom. The van der Waals surface area contributed by atoms with Crippen LogP contribution >= 0.6 is 11.8 Å². The molecule has 1 aromatic carbocycles. The molecule has 0 radical (unpaired) electrons. The SMILES string of the molecule is CC(C)Sc1ccc(CN2CCCC2)cc1. The van der Waals surface area contributed by atoms with Crippen LogP contribution in [-0.4, -0.2) is 23.2 Å². The van der Waals surface area contributed by atoms with Crippen molar-refractivity contribution in [2.24, 2.45) is 0 Å². The molecule has 1 aliphatic heterocycles. The first-order valence-corrected chi connectivity index (χ1v) is 7.10. The highest BCUT2D eigenvalue weighted by atomic mass is 32.2. The number of rotatable bonds is 4. The molecule has 1 aromatic rings. The number of benzene rings is 1. The van der Waals surface area contributed by atoms with Crippen molar-refractivity contribution in [2.45, 2.75) is 43.4 Å². The van der Waals surface area contributed by atoms with Gasteiger partial charge in [0, 0.05) is 16.7 Å². The maximum atomic E-state index is 2.55. The molecule has 0 spiro atoms. The Hall–Kier alpha value is -0.470. The Balaban J connectivity index is 1.90. The summed E-state index contributed by atoms with van der Waals surface area (Å²) in [6, 6.07) is 9.08. The van der Waals surface area contributed by atoms with Crippen molar-refractivity contribution in [1.82, 2.24) is 4.90 Å². The van der Waals surface area contributed by atoms with Crippen molar-refractivity contribution in [3.8, 4) is 0 Å². The topological polar surface area (TPSA) is 3.24 Å². The summed E-state index contributed by atoms with van der Waals surface area (Å²) in [7, 11) is 0. The highest BCUT2D eigenvalue weighted by molar-refractivity contribution is 7.99. The molecule has 0 saturated carbocycles. The minimum atomic E-state index is 0.671. The molecular formula is C14H21NS. The van der Waals surface area contributed by atoms with Crippen molar-refractivity contribution in [1.29, 1.82) is 0 Å². The van der Waals surface area contributed by atoms with Crippen molar-refractivity contribution >= 4 is 11.8 Å². The predicted molar refractivity (Wildman–Crippen MR) is 71.9 cm³/mol. The van der Waals surface area contributed by atoms with E-state index in [2.05, 4.69) is 43.0 Å². The molecule has 0 N–H and O–H groups in total. The Kier molecular flexibility index (Phi) is 4.30. The summed E-state index contributed by atoms with van der Waals surface area (Å²) in [5.74, 6) is 0. The second kappa shape index (κ2) is 5.74. The van der Waals surface area contributed by atoms with Gasteiger partial charge in [-0.2, -0.15) is 0 Å². The highest BCUT2D eigenvalue weighted by Gasteiger charge is 2.11. The number of hydrogen-bond donors (Lipinski definition) is 0. The Bertz CT molecular complexity index is 312. The van der Waals surface area contributed by atoms with Gasteiger partial charge in [0.15, 0.2) is 0 Å². The van der Waals surface area contributed by atoms with Crippen molar-refractivity contribution in [3.63, 3.8) is 0 Å². The van der Waals surface area contributed by atoms with Crippen LogP contribution in [0.4, 0.5) is 0 Å². The van der Waals surface area contributed by atoms with Gasteiger partial charge in [-0.15, -0.1) is 11.8 Å². The van der Waals surface area contributed by atoms with E-state index in [1.807, 2.05) is 11.8 Å². The van der Waals surface area contributed by atoms with Crippen LogP contribution in [0.1, 0.15) is 32.3 Å². The summed E-state index contributed by atoms with van der Waals surface area (Å²) in [5, 5.41) is 0.671. The Morgan fingerprint density at radius 2 is 1.75 bits per heavy atom. The van der Waals surface area contributed by atoms with Gasteiger partial charge in [0.05, 0.1) is 0 Å². The highest BCUT2D eigenvalue weighted by Crippen LogP contribution is 2.23. The van der Waals surface area contributed by atoms with Crippen molar-refractivity contribution in [2.75, 3.05) is 13.1 Å². The molecule has 0 atom stereocenters. The molecular weight excluding hydrogens is 214 g/mol. The Morgan fingerprint density at radius 1 is 1.12 bits per heavy atom. The molecule has 1 aliphatic rings. The van der Waals surface area contributed by atoms with E-state index >= 15 is 0 Å². The predicted octanol–water partition coefficient (Wildman–Crippen LogP) is 3.78. The maximum absolute atomic E-state index is 2.55. The van der Waals surface area contributed by atoms with Gasteiger partial charge in [0.2, 0.25) is 0 Å². The monoisotopic (exact) mass is 235 g/mol. The fourth-order valence-electron chi connectivity index (χ4n) is 2.14. The molecule has 1 fully saturated rings. The first-order valence-electron chi connectivity index (χ1n) is 6.22. The summed E-state index contributed by atoms with van der Waals surface area (Å²) >= 11 is 1.94. The number of likely N-dealkylation sites (tertiary alicyclic amines) is 1. The van der Waals surface area contributed by atoms with E-state index in [1.165, 1.54) is 36.4 Å². The van der Waals surface area contributed by atoms with E-state index in [0.29, 0.717) is 5.25 Å². The molecule has 1 nitrogen and oxygen atoms in total. The van der Waals surface area contributed by atoms with Crippen molar-refractivity contribution in [3.05, 3.63) is 29.8 Å². The fourth-order valence-corrected chi connectivity index (χ4v) is 2.98. The maximum Gasteiger partial charge on any atom is 0.0233 e. The van der Waals surface area contributed by atoms with Crippen LogP contribution in [-0.2, 0) is 6.54 Å². The summed E-state index contributed by atoms with van der Waals surface area (Å²) in [6.45, 7) is 8.17. The van der Waals surface area contributed by atoms with Gasteiger partial charge in [-0.25, -0.2) is 0 Å². The minimum absolute atomic E-state index is 0.671. The quantitative estimate of drug-likeness (QED) is 0.731. The van der Waals surface area contributed by atoms with Crippen LogP contribution < -0.4 is 0 Å². The first-order chi connectivity index (χ1) is 7.74. The number of thioether (sulfide) groups is 1. The van der Waals surface area contributed by atoms with E-state index in [0.717, 1.165) is 6.54 Å². The van der Waals surface area contributed by atoms with Gasteiger partial charge >= 0.3 is 0 Å². The zero-order chi connectivity index (χ0) is 11.4. The van der Waals surface area contributed by atoms with Gasteiger partial charge in [-0.05, 0) is 43.6 Å². The molecule has 88 valence electrons. The molecule has 0 aromatic heterocycles. The van der Waals surface area contributed by atoms with E-state index in [9.17, 15) is 0 Å². The van der Waals surface area contributed by atoms with Crippen LogP contribution in [0, 0.1) is 0 Å². The third-order valence-electron chi connectivity index (χ3n) is 2.90.